The van der Waals surface area contributed by atoms with Gasteiger partial charge in [-0.3, -0.25) is 5.32 Å². The van der Waals surface area contributed by atoms with E-state index in [9.17, 15) is 9.59 Å². The SMILES string of the molecule is CC(C)(C)OC(=O)Nc1ncnc2c1ncn2C[C@@H]1CC[C@H](C(=O)O)O1. The number of ether oxygens (including phenoxy) is 2. The second-order valence-electron chi connectivity index (χ2n) is 7.08. The summed E-state index contributed by atoms with van der Waals surface area (Å²) in [6.45, 7) is 5.72. The average molecular weight is 363 g/mol. The van der Waals surface area contributed by atoms with Crippen LogP contribution in [0.2, 0.25) is 0 Å². The van der Waals surface area contributed by atoms with Gasteiger partial charge in [-0.15, -0.1) is 0 Å². The standard InChI is InChI=1S/C16H21N5O5/c1-16(2,3)26-15(24)20-12-11-13(18-7-17-12)21(8-19-11)6-9-4-5-10(25-9)14(22)23/h7-10H,4-6H2,1-3H3,(H,22,23)(H,17,18,20,24)/t9-,10+/m0/s1. The highest BCUT2D eigenvalue weighted by Crippen LogP contribution is 2.24. The Balaban J connectivity index is 1.74. The molecule has 0 saturated carbocycles. The Bertz CT molecular complexity index is 828. The first kappa shape index (κ1) is 18.1. The molecule has 1 saturated heterocycles. The molecule has 10 nitrogen and oxygen atoms in total. The van der Waals surface area contributed by atoms with Crippen molar-refractivity contribution in [1.29, 1.82) is 0 Å². The minimum atomic E-state index is -0.950. The second kappa shape index (κ2) is 6.87. The molecule has 0 unspecified atom stereocenters. The average Bonchev–Trinajstić information content (AvgIpc) is 3.14. The summed E-state index contributed by atoms with van der Waals surface area (Å²) in [5.41, 5.74) is 0.315. The van der Waals surface area contributed by atoms with Crippen LogP contribution < -0.4 is 5.32 Å². The van der Waals surface area contributed by atoms with Crippen molar-refractivity contribution in [1.82, 2.24) is 19.5 Å². The maximum Gasteiger partial charge on any atom is 0.413 e. The zero-order chi connectivity index (χ0) is 18.9. The van der Waals surface area contributed by atoms with Crippen LogP contribution in [0, 0.1) is 0 Å². The molecule has 0 radical (unpaired) electrons. The first-order valence-electron chi connectivity index (χ1n) is 8.27. The topological polar surface area (TPSA) is 128 Å². The van der Waals surface area contributed by atoms with Crippen LogP contribution in [-0.4, -0.2) is 54.5 Å². The molecule has 1 amide bonds. The molecule has 26 heavy (non-hydrogen) atoms. The molecule has 0 spiro atoms. The highest BCUT2D eigenvalue weighted by molar-refractivity contribution is 5.93. The van der Waals surface area contributed by atoms with E-state index >= 15 is 0 Å². The van der Waals surface area contributed by atoms with E-state index in [1.807, 2.05) is 0 Å². The minimum Gasteiger partial charge on any atom is -0.479 e. The Morgan fingerprint density at radius 2 is 2.12 bits per heavy atom. The van der Waals surface area contributed by atoms with Crippen LogP contribution in [0.3, 0.4) is 0 Å². The summed E-state index contributed by atoms with van der Waals surface area (Å²) in [7, 11) is 0. The van der Waals surface area contributed by atoms with E-state index in [-0.39, 0.29) is 11.9 Å². The molecule has 2 atom stereocenters. The van der Waals surface area contributed by atoms with Crippen molar-refractivity contribution in [2.45, 2.75) is 58.0 Å². The second-order valence-corrected chi connectivity index (χ2v) is 7.08. The molecule has 1 aliphatic rings. The number of amides is 1. The van der Waals surface area contributed by atoms with Gasteiger partial charge in [-0.1, -0.05) is 0 Å². The Hall–Kier alpha value is -2.75. The molecule has 2 N–H and O–H groups in total. The molecular formula is C16H21N5O5. The summed E-state index contributed by atoms with van der Waals surface area (Å²) in [6, 6.07) is 0. The fraction of sp³-hybridized carbons (Fsp3) is 0.562. The summed E-state index contributed by atoms with van der Waals surface area (Å²) in [5.74, 6) is -0.701. The molecule has 2 aromatic rings. The third kappa shape index (κ3) is 4.07. The highest BCUT2D eigenvalue weighted by Gasteiger charge is 2.31. The van der Waals surface area contributed by atoms with Crippen LogP contribution in [0.4, 0.5) is 10.6 Å². The van der Waals surface area contributed by atoms with Crippen LogP contribution in [0.25, 0.3) is 11.2 Å². The Kier molecular flexibility index (Phi) is 4.77. The number of anilines is 1. The summed E-state index contributed by atoms with van der Waals surface area (Å²) in [4.78, 5) is 35.5. The number of imidazole rings is 1. The lowest BCUT2D eigenvalue weighted by molar-refractivity contribution is -0.149. The van der Waals surface area contributed by atoms with Crippen LogP contribution in [0.15, 0.2) is 12.7 Å². The van der Waals surface area contributed by atoms with Crippen molar-refractivity contribution in [3.8, 4) is 0 Å². The van der Waals surface area contributed by atoms with Crippen molar-refractivity contribution < 1.29 is 24.2 Å². The third-order valence-corrected chi connectivity index (χ3v) is 3.80. The first-order valence-corrected chi connectivity index (χ1v) is 8.27. The quantitative estimate of drug-likeness (QED) is 0.841. The molecule has 0 aromatic carbocycles. The molecule has 0 aliphatic carbocycles. The number of nitrogens with zero attached hydrogens (tertiary/aromatic N) is 4. The summed E-state index contributed by atoms with van der Waals surface area (Å²) >= 11 is 0. The Labute approximate surface area is 149 Å². The molecule has 10 heteroatoms. The van der Waals surface area contributed by atoms with E-state index < -0.39 is 23.8 Å². The Morgan fingerprint density at radius 1 is 1.35 bits per heavy atom. The summed E-state index contributed by atoms with van der Waals surface area (Å²) < 4.78 is 12.5. The van der Waals surface area contributed by atoms with Crippen LogP contribution in [0.5, 0.6) is 0 Å². The van der Waals surface area contributed by atoms with Gasteiger partial charge in [-0.25, -0.2) is 24.5 Å². The number of aliphatic carboxylic acids is 1. The van der Waals surface area contributed by atoms with Crippen LogP contribution in [0.1, 0.15) is 33.6 Å². The molecule has 140 valence electrons. The first-order chi connectivity index (χ1) is 12.2. The lowest BCUT2D eigenvalue weighted by atomic mass is 10.2. The smallest absolute Gasteiger partial charge is 0.413 e. The predicted molar refractivity (Wildman–Crippen MR) is 90.7 cm³/mol. The minimum absolute atomic E-state index is 0.231. The fourth-order valence-electron chi connectivity index (χ4n) is 2.75. The predicted octanol–water partition coefficient (Wildman–Crippen LogP) is 1.81. The largest absolute Gasteiger partial charge is 0.479 e. The molecule has 3 rings (SSSR count). The van der Waals surface area contributed by atoms with E-state index in [2.05, 4.69) is 20.3 Å². The van der Waals surface area contributed by atoms with Gasteiger partial charge in [0.2, 0.25) is 0 Å². The van der Waals surface area contributed by atoms with Gasteiger partial charge in [0, 0.05) is 0 Å². The van der Waals surface area contributed by atoms with Crippen LogP contribution in [-0.2, 0) is 20.8 Å². The van der Waals surface area contributed by atoms with Gasteiger partial charge in [0.05, 0.1) is 19.0 Å². The zero-order valence-corrected chi connectivity index (χ0v) is 14.8. The van der Waals surface area contributed by atoms with E-state index in [1.54, 1.807) is 31.7 Å². The van der Waals surface area contributed by atoms with Crippen molar-refractivity contribution in [2.75, 3.05) is 5.32 Å². The number of carboxylic acid groups (broad SMARTS) is 1. The van der Waals surface area contributed by atoms with Gasteiger partial charge >= 0.3 is 12.1 Å². The van der Waals surface area contributed by atoms with Gasteiger partial charge in [0.25, 0.3) is 0 Å². The van der Waals surface area contributed by atoms with E-state index in [1.165, 1.54) is 6.33 Å². The maximum atomic E-state index is 12.0. The van der Waals surface area contributed by atoms with Crippen LogP contribution >= 0.6 is 0 Å². The van der Waals surface area contributed by atoms with Gasteiger partial charge in [0.1, 0.15) is 11.9 Å². The van der Waals surface area contributed by atoms with E-state index in [0.29, 0.717) is 30.6 Å². The highest BCUT2D eigenvalue weighted by atomic mass is 16.6. The summed E-state index contributed by atoms with van der Waals surface area (Å²) in [5, 5.41) is 11.6. The summed E-state index contributed by atoms with van der Waals surface area (Å²) in [6.07, 6.45) is 2.38. The molecular weight excluding hydrogens is 342 g/mol. The Morgan fingerprint density at radius 3 is 2.77 bits per heavy atom. The van der Waals surface area contributed by atoms with Crippen molar-refractivity contribution in [3.05, 3.63) is 12.7 Å². The number of carbonyl (C=O) groups is 2. The maximum absolute atomic E-state index is 12.0. The van der Waals surface area contributed by atoms with Crippen molar-refractivity contribution >= 4 is 29.0 Å². The fourth-order valence-corrected chi connectivity index (χ4v) is 2.75. The van der Waals surface area contributed by atoms with Gasteiger partial charge in [-0.2, -0.15) is 0 Å². The number of hydrogen-bond donors (Lipinski definition) is 2. The molecule has 1 aliphatic heterocycles. The van der Waals surface area contributed by atoms with Gasteiger partial charge in [0.15, 0.2) is 23.1 Å². The number of rotatable bonds is 4. The third-order valence-electron chi connectivity index (χ3n) is 3.80. The lowest BCUT2D eigenvalue weighted by Crippen LogP contribution is -2.27. The number of nitrogens with one attached hydrogen (secondary N) is 1. The number of carbonyl (C=O) groups excluding carboxylic acids is 1. The number of hydrogen-bond acceptors (Lipinski definition) is 7. The van der Waals surface area contributed by atoms with Gasteiger partial charge in [-0.05, 0) is 33.6 Å². The van der Waals surface area contributed by atoms with E-state index in [4.69, 9.17) is 14.6 Å². The number of carboxylic acids is 1. The van der Waals surface area contributed by atoms with E-state index in [0.717, 1.165) is 0 Å². The molecule has 1 fully saturated rings. The number of fused-ring (bicyclic) bond motifs is 1. The zero-order valence-electron chi connectivity index (χ0n) is 14.8. The van der Waals surface area contributed by atoms with Crippen molar-refractivity contribution in [2.24, 2.45) is 0 Å². The monoisotopic (exact) mass is 363 g/mol. The molecule has 2 aromatic heterocycles. The molecule has 3 heterocycles. The lowest BCUT2D eigenvalue weighted by Gasteiger charge is -2.19. The molecule has 0 bridgehead atoms. The van der Waals surface area contributed by atoms with Gasteiger partial charge < -0.3 is 19.1 Å². The normalized spacial score (nSPS) is 20.3. The number of aromatic nitrogens is 4. The van der Waals surface area contributed by atoms with Crippen molar-refractivity contribution in [3.63, 3.8) is 0 Å².